The van der Waals surface area contributed by atoms with E-state index in [9.17, 15) is 0 Å². The van der Waals surface area contributed by atoms with Gasteiger partial charge in [-0.15, -0.1) is 0 Å². The lowest BCUT2D eigenvalue weighted by molar-refractivity contribution is 0.263. The molecule has 0 aliphatic carbocycles. The van der Waals surface area contributed by atoms with Gasteiger partial charge in [-0.25, -0.2) is 0 Å². The number of ether oxygens (including phenoxy) is 2. The van der Waals surface area contributed by atoms with E-state index >= 15 is 0 Å². The molecule has 0 aliphatic heterocycles. The zero-order chi connectivity index (χ0) is 13.8. The highest BCUT2D eigenvalue weighted by Gasteiger charge is 2.29. The van der Waals surface area contributed by atoms with Crippen molar-refractivity contribution in [2.75, 3.05) is 20.8 Å². The fourth-order valence-corrected chi connectivity index (χ4v) is 2.03. The first-order chi connectivity index (χ1) is 8.46. The fraction of sp³-hybridized carbons (Fsp3) is 0.571. The van der Waals surface area contributed by atoms with Crippen molar-refractivity contribution >= 4 is 0 Å². The Bertz CT molecular complexity index is 391. The molecule has 0 amide bonds. The van der Waals surface area contributed by atoms with E-state index in [-0.39, 0.29) is 11.5 Å². The van der Waals surface area contributed by atoms with Gasteiger partial charge in [-0.2, -0.15) is 0 Å². The standard InChI is InChI=1S/C14H24N2O2/c1-14(2,7-8-15)13(16)11-9-10(17-3)5-6-12(11)18-4/h5-6,9,13H,7-8,15-16H2,1-4H3. The molecule has 0 spiro atoms. The lowest BCUT2D eigenvalue weighted by atomic mass is 9.78. The monoisotopic (exact) mass is 252 g/mol. The molecule has 1 unspecified atom stereocenters. The lowest BCUT2D eigenvalue weighted by Crippen LogP contribution is -2.31. The summed E-state index contributed by atoms with van der Waals surface area (Å²) in [6.07, 6.45) is 0.856. The second kappa shape index (κ2) is 6.07. The topological polar surface area (TPSA) is 70.5 Å². The zero-order valence-electron chi connectivity index (χ0n) is 11.7. The van der Waals surface area contributed by atoms with E-state index in [1.807, 2.05) is 18.2 Å². The van der Waals surface area contributed by atoms with Crippen LogP contribution in [0.4, 0.5) is 0 Å². The van der Waals surface area contributed by atoms with Crippen molar-refractivity contribution < 1.29 is 9.47 Å². The summed E-state index contributed by atoms with van der Waals surface area (Å²) in [5.74, 6) is 1.57. The summed E-state index contributed by atoms with van der Waals surface area (Å²) in [6.45, 7) is 4.85. The van der Waals surface area contributed by atoms with Crippen LogP contribution in [-0.2, 0) is 0 Å². The zero-order valence-corrected chi connectivity index (χ0v) is 11.7. The van der Waals surface area contributed by atoms with E-state index in [0.29, 0.717) is 6.54 Å². The van der Waals surface area contributed by atoms with E-state index < -0.39 is 0 Å². The fourth-order valence-electron chi connectivity index (χ4n) is 2.03. The SMILES string of the molecule is COc1ccc(OC)c(C(N)C(C)(C)CCN)c1. The van der Waals surface area contributed by atoms with Crippen molar-refractivity contribution in [2.24, 2.45) is 16.9 Å². The molecule has 4 N–H and O–H groups in total. The summed E-state index contributed by atoms with van der Waals surface area (Å²) in [4.78, 5) is 0. The predicted octanol–water partition coefficient (Wildman–Crippen LogP) is 2.08. The van der Waals surface area contributed by atoms with Crippen LogP contribution in [0.2, 0.25) is 0 Å². The van der Waals surface area contributed by atoms with Gasteiger partial charge in [0.2, 0.25) is 0 Å². The molecule has 1 atom stereocenters. The third-order valence-corrected chi connectivity index (χ3v) is 3.40. The second-order valence-corrected chi connectivity index (χ2v) is 5.11. The van der Waals surface area contributed by atoms with Gasteiger partial charge in [0.15, 0.2) is 0 Å². The van der Waals surface area contributed by atoms with Gasteiger partial charge in [0.25, 0.3) is 0 Å². The van der Waals surface area contributed by atoms with Gasteiger partial charge in [0, 0.05) is 11.6 Å². The Kier molecular flexibility index (Phi) is 4.99. The predicted molar refractivity (Wildman–Crippen MR) is 73.9 cm³/mol. The summed E-state index contributed by atoms with van der Waals surface area (Å²) in [7, 11) is 3.29. The Hall–Kier alpha value is -1.26. The second-order valence-electron chi connectivity index (χ2n) is 5.11. The molecule has 1 aromatic rings. The van der Waals surface area contributed by atoms with Crippen LogP contribution < -0.4 is 20.9 Å². The van der Waals surface area contributed by atoms with Crippen molar-refractivity contribution in [3.05, 3.63) is 23.8 Å². The Labute approximate surface area is 109 Å². The summed E-state index contributed by atoms with van der Waals surface area (Å²) >= 11 is 0. The minimum atomic E-state index is -0.147. The van der Waals surface area contributed by atoms with Crippen LogP contribution in [0.5, 0.6) is 11.5 Å². The van der Waals surface area contributed by atoms with Crippen LogP contribution in [0.25, 0.3) is 0 Å². The number of nitrogens with two attached hydrogens (primary N) is 2. The molecule has 0 heterocycles. The molecule has 0 aromatic heterocycles. The molecule has 4 nitrogen and oxygen atoms in total. The van der Waals surface area contributed by atoms with E-state index in [2.05, 4.69) is 13.8 Å². The van der Waals surface area contributed by atoms with Crippen LogP contribution in [0.1, 0.15) is 31.9 Å². The van der Waals surface area contributed by atoms with Crippen LogP contribution in [0, 0.1) is 5.41 Å². The van der Waals surface area contributed by atoms with Crippen molar-refractivity contribution in [3.63, 3.8) is 0 Å². The maximum absolute atomic E-state index is 6.37. The lowest BCUT2D eigenvalue weighted by Gasteiger charge is -2.32. The van der Waals surface area contributed by atoms with Gasteiger partial charge in [0.1, 0.15) is 11.5 Å². The summed E-state index contributed by atoms with van der Waals surface area (Å²) in [6, 6.07) is 5.53. The highest BCUT2D eigenvalue weighted by atomic mass is 16.5. The summed E-state index contributed by atoms with van der Waals surface area (Å²) in [5.41, 5.74) is 12.9. The molecule has 0 fully saturated rings. The first kappa shape index (κ1) is 14.8. The van der Waals surface area contributed by atoms with Crippen LogP contribution >= 0.6 is 0 Å². The van der Waals surface area contributed by atoms with E-state index in [0.717, 1.165) is 23.5 Å². The Morgan fingerprint density at radius 3 is 2.39 bits per heavy atom. The quantitative estimate of drug-likeness (QED) is 0.813. The number of methoxy groups -OCH3 is 2. The van der Waals surface area contributed by atoms with Crippen LogP contribution in [0.15, 0.2) is 18.2 Å². The van der Waals surface area contributed by atoms with Gasteiger partial charge in [-0.1, -0.05) is 13.8 Å². The molecular formula is C14H24N2O2. The third-order valence-electron chi connectivity index (χ3n) is 3.40. The average molecular weight is 252 g/mol. The molecule has 4 heteroatoms. The van der Waals surface area contributed by atoms with Gasteiger partial charge in [0.05, 0.1) is 14.2 Å². The highest BCUT2D eigenvalue weighted by Crippen LogP contribution is 2.39. The van der Waals surface area contributed by atoms with E-state index in [4.69, 9.17) is 20.9 Å². The molecule has 102 valence electrons. The van der Waals surface area contributed by atoms with Crippen molar-refractivity contribution in [3.8, 4) is 11.5 Å². The molecule has 0 saturated heterocycles. The highest BCUT2D eigenvalue weighted by molar-refractivity contribution is 5.42. The first-order valence-electron chi connectivity index (χ1n) is 6.14. The number of benzene rings is 1. The smallest absolute Gasteiger partial charge is 0.123 e. The third kappa shape index (κ3) is 3.15. The van der Waals surface area contributed by atoms with Crippen molar-refractivity contribution in [2.45, 2.75) is 26.3 Å². The first-order valence-corrected chi connectivity index (χ1v) is 6.14. The Morgan fingerprint density at radius 1 is 1.22 bits per heavy atom. The normalized spacial score (nSPS) is 13.2. The van der Waals surface area contributed by atoms with Gasteiger partial charge in [-0.05, 0) is 36.6 Å². The molecular weight excluding hydrogens is 228 g/mol. The number of rotatable bonds is 6. The molecule has 0 aliphatic rings. The number of hydrogen-bond donors (Lipinski definition) is 2. The Morgan fingerprint density at radius 2 is 1.89 bits per heavy atom. The molecule has 0 bridgehead atoms. The average Bonchev–Trinajstić information content (AvgIpc) is 2.37. The van der Waals surface area contributed by atoms with Crippen LogP contribution in [0.3, 0.4) is 0 Å². The maximum Gasteiger partial charge on any atom is 0.123 e. The maximum atomic E-state index is 6.37. The van der Waals surface area contributed by atoms with Gasteiger partial charge < -0.3 is 20.9 Å². The minimum absolute atomic E-state index is 0.0889. The number of hydrogen-bond acceptors (Lipinski definition) is 4. The molecule has 18 heavy (non-hydrogen) atoms. The molecule has 1 aromatic carbocycles. The van der Waals surface area contributed by atoms with E-state index in [1.54, 1.807) is 14.2 Å². The van der Waals surface area contributed by atoms with Crippen molar-refractivity contribution in [1.82, 2.24) is 0 Å². The summed E-state index contributed by atoms with van der Waals surface area (Å²) < 4.78 is 10.6. The molecule has 1 rings (SSSR count). The van der Waals surface area contributed by atoms with Gasteiger partial charge >= 0.3 is 0 Å². The van der Waals surface area contributed by atoms with Gasteiger partial charge in [-0.3, -0.25) is 0 Å². The van der Waals surface area contributed by atoms with Crippen molar-refractivity contribution in [1.29, 1.82) is 0 Å². The minimum Gasteiger partial charge on any atom is -0.497 e. The molecule has 0 radical (unpaired) electrons. The van der Waals surface area contributed by atoms with Crippen LogP contribution in [-0.4, -0.2) is 20.8 Å². The van der Waals surface area contributed by atoms with E-state index in [1.165, 1.54) is 0 Å². The summed E-state index contributed by atoms with van der Waals surface area (Å²) in [5, 5.41) is 0. The molecule has 0 saturated carbocycles. The Balaban J connectivity index is 3.13. The largest absolute Gasteiger partial charge is 0.497 e.